The molecule has 1 aromatic rings. The molecule has 0 aliphatic carbocycles. The van der Waals surface area contributed by atoms with Gasteiger partial charge in [-0.05, 0) is 25.0 Å². The number of carbonyl (C=O) groups is 1. The Labute approximate surface area is 155 Å². The van der Waals surface area contributed by atoms with Crippen LogP contribution in [0.15, 0.2) is 24.3 Å². The van der Waals surface area contributed by atoms with E-state index in [1.54, 1.807) is 7.11 Å². The van der Waals surface area contributed by atoms with Gasteiger partial charge in [-0.15, -0.1) is 0 Å². The minimum atomic E-state index is -3.40. The quantitative estimate of drug-likeness (QED) is 0.666. The number of nitrogens with zero attached hydrogens (tertiary/aromatic N) is 2. The van der Waals surface area contributed by atoms with Crippen molar-refractivity contribution in [1.29, 1.82) is 0 Å². The molecule has 1 aliphatic heterocycles. The highest BCUT2D eigenvalue weighted by molar-refractivity contribution is 7.86. The summed E-state index contributed by atoms with van der Waals surface area (Å²) in [6.45, 7) is 1.43. The number of benzene rings is 1. The van der Waals surface area contributed by atoms with Gasteiger partial charge in [-0.1, -0.05) is 12.1 Å². The third-order valence-corrected chi connectivity index (χ3v) is 6.28. The number of hydrogen-bond acceptors (Lipinski definition) is 5. The van der Waals surface area contributed by atoms with E-state index in [4.69, 9.17) is 9.47 Å². The molecule has 0 bridgehead atoms. The summed E-state index contributed by atoms with van der Waals surface area (Å²) in [6.07, 6.45) is 1.04. The fourth-order valence-corrected chi connectivity index (χ4v) is 3.93. The Hall–Kier alpha value is -1.84. The van der Waals surface area contributed by atoms with Gasteiger partial charge in [0.1, 0.15) is 6.61 Å². The van der Waals surface area contributed by atoms with E-state index in [-0.39, 0.29) is 11.8 Å². The maximum absolute atomic E-state index is 12.3. The number of hydrogen-bond donors (Lipinski definition) is 1. The molecule has 1 heterocycles. The lowest BCUT2D eigenvalue weighted by atomic mass is 9.97. The molecule has 1 amide bonds. The smallest absolute Gasteiger partial charge is 0.281 e. The number of carbonyl (C=O) groups excluding carboxylic acids is 1. The van der Waals surface area contributed by atoms with Crippen LogP contribution in [0.5, 0.6) is 11.5 Å². The van der Waals surface area contributed by atoms with E-state index in [1.807, 2.05) is 24.3 Å². The number of methoxy groups -OCH3 is 1. The van der Waals surface area contributed by atoms with Crippen LogP contribution in [-0.4, -0.2) is 70.4 Å². The van der Waals surface area contributed by atoms with E-state index in [1.165, 1.54) is 22.7 Å². The fraction of sp³-hybridized carbons (Fsp3) is 0.588. The van der Waals surface area contributed by atoms with Crippen molar-refractivity contribution in [2.24, 2.45) is 5.92 Å². The molecule has 0 unspecified atom stereocenters. The van der Waals surface area contributed by atoms with Gasteiger partial charge in [0.25, 0.3) is 10.2 Å². The van der Waals surface area contributed by atoms with Crippen molar-refractivity contribution in [1.82, 2.24) is 13.9 Å². The summed E-state index contributed by atoms with van der Waals surface area (Å²) in [5, 5.41) is 2.85. The zero-order chi connectivity index (χ0) is 19.2. The number of amides is 1. The lowest BCUT2D eigenvalue weighted by Gasteiger charge is -2.32. The van der Waals surface area contributed by atoms with Crippen molar-refractivity contribution in [2.75, 3.05) is 47.4 Å². The minimum absolute atomic E-state index is 0.0597. The van der Waals surface area contributed by atoms with Crippen LogP contribution in [0.25, 0.3) is 0 Å². The topological polar surface area (TPSA) is 88.2 Å². The third-order valence-electron chi connectivity index (χ3n) is 4.34. The first kappa shape index (κ1) is 20.5. The van der Waals surface area contributed by atoms with Gasteiger partial charge >= 0.3 is 0 Å². The minimum Gasteiger partial charge on any atom is -0.493 e. The predicted molar refractivity (Wildman–Crippen MR) is 98.4 cm³/mol. The van der Waals surface area contributed by atoms with E-state index in [0.29, 0.717) is 50.6 Å². The molecule has 9 heteroatoms. The highest BCUT2D eigenvalue weighted by atomic mass is 32.2. The number of rotatable bonds is 8. The zero-order valence-corrected chi connectivity index (χ0v) is 16.3. The van der Waals surface area contributed by atoms with Crippen LogP contribution in [0.3, 0.4) is 0 Å². The largest absolute Gasteiger partial charge is 0.493 e. The van der Waals surface area contributed by atoms with E-state index >= 15 is 0 Å². The number of nitrogens with one attached hydrogen (secondary N) is 1. The van der Waals surface area contributed by atoms with Crippen molar-refractivity contribution in [3.05, 3.63) is 24.3 Å². The molecule has 0 aromatic heterocycles. The molecule has 0 atom stereocenters. The van der Waals surface area contributed by atoms with Crippen LogP contribution < -0.4 is 14.8 Å². The molecule has 0 radical (unpaired) electrons. The molecule has 8 nitrogen and oxygen atoms in total. The van der Waals surface area contributed by atoms with E-state index in [0.717, 1.165) is 0 Å². The second kappa shape index (κ2) is 9.20. The summed E-state index contributed by atoms with van der Waals surface area (Å²) >= 11 is 0. The van der Waals surface area contributed by atoms with Gasteiger partial charge in [-0.2, -0.15) is 17.0 Å². The lowest BCUT2D eigenvalue weighted by Crippen LogP contribution is -2.47. The Bertz CT molecular complexity index is 700. The Morgan fingerprint density at radius 3 is 2.42 bits per heavy atom. The lowest BCUT2D eigenvalue weighted by molar-refractivity contribution is -0.126. The van der Waals surface area contributed by atoms with Crippen LogP contribution in [0.4, 0.5) is 0 Å². The van der Waals surface area contributed by atoms with Crippen molar-refractivity contribution in [3.63, 3.8) is 0 Å². The summed E-state index contributed by atoms with van der Waals surface area (Å²) in [5.74, 6) is 1.05. The highest BCUT2D eigenvalue weighted by Crippen LogP contribution is 2.25. The Morgan fingerprint density at radius 1 is 1.23 bits per heavy atom. The first-order valence-corrected chi connectivity index (χ1v) is 9.97. The van der Waals surface area contributed by atoms with Crippen LogP contribution >= 0.6 is 0 Å². The van der Waals surface area contributed by atoms with Crippen molar-refractivity contribution < 1.29 is 22.7 Å². The second-order valence-electron chi connectivity index (χ2n) is 6.25. The second-order valence-corrected chi connectivity index (χ2v) is 8.40. The zero-order valence-electron chi connectivity index (χ0n) is 15.5. The first-order valence-electron chi connectivity index (χ1n) is 8.57. The van der Waals surface area contributed by atoms with Gasteiger partial charge in [0, 0.05) is 33.1 Å². The average molecular weight is 385 g/mol. The van der Waals surface area contributed by atoms with Crippen LogP contribution in [0.1, 0.15) is 12.8 Å². The molecule has 1 fully saturated rings. The number of para-hydroxylation sites is 2. The van der Waals surface area contributed by atoms with Gasteiger partial charge in [0.2, 0.25) is 5.91 Å². The molecule has 1 saturated heterocycles. The summed E-state index contributed by atoms with van der Waals surface area (Å²) in [5.41, 5.74) is 0. The van der Waals surface area contributed by atoms with Gasteiger partial charge in [-0.3, -0.25) is 4.79 Å². The normalized spacial score (nSPS) is 16.5. The van der Waals surface area contributed by atoms with Gasteiger partial charge in [-0.25, -0.2) is 0 Å². The van der Waals surface area contributed by atoms with Gasteiger partial charge in [0.05, 0.1) is 13.7 Å². The standard InChI is InChI=1S/C17H27N3O5S/c1-19(2)26(22,23)20-11-8-14(9-12-20)17(21)18-10-13-25-16-7-5-4-6-15(16)24-3/h4-7,14H,8-13H2,1-3H3,(H,18,21). The molecule has 1 aliphatic rings. The van der Waals surface area contributed by atoms with Gasteiger partial charge in [0.15, 0.2) is 11.5 Å². The number of piperidine rings is 1. The fourth-order valence-electron chi connectivity index (χ4n) is 2.80. The predicted octanol–water partition coefficient (Wildman–Crippen LogP) is 0.709. The van der Waals surface area contributed by atoms with Crippen molar-refractivity contribution >= 4 is 16.1 Å². The molecule has 26 heavy (non-hydrogen) atoms. The van der Waals surface area contributed by atoms with Crippen LogP contribution in [-0.2, 0) is 15.0 Å². The highest BCUT2D eigenvalue weighted by Gasteiger charge is 2.32. The third kappa shape index (κ3) is 5.09. The summed E-state index contributed by atoms with van der Waals surface area (Å²) in [6, 6.07) is 7.33. The van der Waals surface area contributed by atoms with Crippen molar-refractivity contribution in [3.8, 4) is 11.5 Å². The molecule has 1 N–H and O–H groups in total. The van der Waals surface area contributed by atoms with E-state index < -0.39 is 10.2 Å². The van der Waals surface area contributed by atoms with E-state index in [9.17, 15) is 13.2 Å². The summed E-state index contributed by atoms with van der Waals surface area (Å²) < 4.78 is 37.6. The molecule has 1 aromatic carbocycles. The monoisotopic (exact) mass is 385 g/mol. The Balaban J connectivity index is 1.73. The average Bonchev–Trinajstić information content (AvgIpc) is 2.65. The number of ether oxygens (including phenoxy) is 2. The van der Waals surface area contributed by atoms with E-state index in [2.05, 4.69) is 5.32 Å². The molecule has 2 rings (SSSR count). The molecule has 0 saturated carbocycles. The maximum Gasteiger partial charge on any atom is 0.281 e. The maximum atomic E-state index is 12.3. The summed E-state index contributed by atoms with van der Waals surface area (Å²) in [4.78, 5) is 12.3. The Morgan fingerprint density at radius 2 is 1.85 bits per heavy atom. The SMILES string of the molecule is COc1ccccc1OCCNC(=O)C1CCN(S(=O)(=O)N(C)C)CC1. The van der Waals surface area contributed by atoms with Crippen LogP contribution in [0, 0.1) is 5.92 Å². The van der Waals surface area contributed by atoms with Crippen LogP contribution in [0.2, 0.25) is 0 Å². The summed E-state index contributed by atoms with van der Waals surface area (Å²) in [7, 11) is 1.19. The molecular weight excluding hydrogens is 358 g/mol. The van der Waals surface area contributed by atoms with Crippen molar-refractivity contribution in [2.45, 2.75) is 12.8 Å². The molecule has 0 spiro atoms. The molecule has 146 valence electrons. The first-order chi connectivity index (χ1) is 12.4. The molecular formula is C17H27N3O5S. The Kier molecular flexibility index (Phi) is 7.24. The van der Waals surface area contributed by atoms with Gasteiger partial charge < -0.3 is 14.8 Å².